The van der Waals surface area contributed by atoms with Gasteiger partial charge in [0.2, 0.25) is 0 Å². The van der Waals surface area contributed by atoms with Gasteiger partial charge in [-0.3, -0.25) is 4.90 Å². The van der Waals surface area contributed by atoms with Crippen molar-refractivity contribution in [1.82, 2.24) is 10.2 Å². The number of carbonyl (C=O) groups is 1. The van der Waals surface area contributed by atoms with Gasteiger partial charge in [0.1, 0.15) is 5.60 Å². The third kappa shape index (κ3) is 3.59. The molecule has 3 rings (SSSR count). The average molecular weight is 330 g/mol. The molecule has 1 aliphatic carbocycles. The molecule has 0 aromatic heterocycles. The Hall–Kier alpha value is -1.55. The van der Waals surface area contributed by atoms with Crippen LogP contribution in [0.25, 0.3) is 0 Å². The molecule has 2 fully saturated rings. The van der Waals surface area contributed by atoms with Gasteiger partial charge in [-0.2, -0.15) is 0 Å². The molecule has 24 heavy (non-hydrogen) atoms. The number of amides is 1. The smallest absolute Gasteiger partial charge is 0.411 e. The van der Waals surface area contributed by atoms with Crippen LogP contribution >= 0.6 is 0 Å². The first kappa shape index (κ1) is 17.3. The lowest BCUT2D eigenvalue weighted by Crippen LogP contribution is -2.53. The zero-order chi connectivity index (χ0) is 17.4. The molecule has 2 aliphatic rings. The summed E-state index contributed by atoms with van der Waals surface area (Å²) in [5.41, 5.74) is 0.726. The molecule has 1 aliphatic heterocycles. The summed E-state index contributed by atoms with van der Waals surface area (Å²) < 4.78 is 5.77. The van der Waals surface area contributed by atoms with Crippen molar-refractivity contribution >= 4 is 6.09 Å². The molecule has 2 atom stereocenters. The van der Waals surface area contributed by atoms with Crippen molar-refractivity contribution in [3.05, 3.63) is 35.9 Å². The maximum atomic E-state index is 13.0. The summed E-state index contributed by atoms with van der Waals surface area (Å²) in [6.07, 6.45) is 2.85. The van der Waals surface area contributed by atoms with Gasteiger partial charge >= 0.3 is 6.09 Å². The van der Waals surface area contributed by atoms with Crippen LogP contribution in [0, 0.1) is 0 Å². The van der Waals surface area contributed by atoms with Crippen LogP contribution in [-0.4, -0.2) is 41.3 Å². The Bertz CT molecular complexity index is 575. The third-order valence-electron chi connectivity index (χ3n) is 5.22. The van der Waals surface area contributed by atoms with E-state index >= 15 is 0 Å². The van der Waals surface area contributed by atoms with E-state index in [2.05, 4.69) is 41.4 Å². The number of piperidine rings is 1. The summed E-state index contributed by atoms with van der Waals surface area (Å²) in [5.74, 6) is 0.404. The molecule has 1 heterocycles. The second-order valence-electron chi connectivity index (χ2n) is 8.36. The molecule has 1 saturated carbocycles. The predicted octanol–water partition coefficient (Wildman–Crippen LogP) is 3.92. The maximum absolute atomic E-state index is 13.0. The Morgan fingerprint density at radius 1 is 1.21 bits per heavy atom. The van der Waals surface area contributed by atoms with Crippen LogP contribution in [0.4, 0.5) is 4.79 Å². The quantitative estimate of drug-likeness (QED) is 0.913. The Morgan fingerprint density at radius 2 is 1.83 bits per heavy atom. The van der Waals surface area contributed by atoms with Gasteiger partial charge in [-0.25, -0.2) is 4.79 Å². The highest BCUT2D eigenvalue weighted by atomic mass is 16.6. The fraction of sp³-hybridized carbons (Fsp3) is 0.650. The fourth-order valence-corrected chi connectivity index (χ4v) is 3.93. The summed E-state index contributed by atoms with van der Waals surface area (Å²) >= 11 is 0. The standard InChI is InChI=1S/C20H30N2O2/c1-19(2,3)24-18(23)22(16-10-12-21-13-11-16)20(4)14-17(20)15-8-6-5-7-9-15/h5-9,16-17,21H,10-14H2,1-4H3/t17-,20+/m0/s1. The summed E-state index contributed by atoms with van der Waals surface area (Å²) in [7, 11) is 0. The van der Waals surface area contributed by atoms with Gasteiger partial charge in [0.25, 0.3) is 0 Å². The average Bonchev–Trinajstić information content (AvgIpc) is 3.20. The molecule has 1 aromatic rings. The van der Waals surface area contributed by atoms with Gasteiger partial charge in [0.15, 0.2) is 0 Å². The second kappa shape index (κ2) is 6.40. The maximum Gasteiger partial charge on any atom is 0.411 e. The molecule has 0 spiro atoms. The normalized spacial score (nSPS) is 27.6. The van der Waals surface area contributed by atoms with Crippen molar-refractivity contribution in [2.75, 3.05) is 13.1 Å². The molecule has 132 valence electrons. The molecule has 1 N–H and O–H groups in total. The minimum Gasteiger partial charge on any atom is -0.444 e. The molecular weight excluding hydrogens is 300 g/mol. The van der Waals surface area contributed by atoms with Gasteiger partial charge in [-0.1, -0.05) is 30.3 Å². The Kier molecular flexibility index (Phi) is 4.60. The van der Waals surface area contributed by atoms with Crippen molar-refractivity contribution in [2.24, 2.45) is 0 Å². The number of ether oxygens (including phenoxy) is 1. The second-order valence-corrected chi connectivity index (χ2v) is 8.36. The molecule has 1 amide bonds. The minimum atomic E-state index is -0.463. The van der Waals surface area contributed by atoms with Crippen molar-refractivity contribution in [3.8, 4) is 0 Å². The summed E-state index contributed by atoms with van der Waals surface area (Å²) in [5, 5.41) is 3.39. The first-order chi connectivity index (χ1) is 11.3. The number of hydrogen-bond donors (Lipinski definition) is 1. The molecule has 4 heteroatoms. The number of carbonyl (C=O) groups excluding carboxylic acids is 1. The number of nitrogens with one attached hydrogen (secondary N) is 1. The van der Waals surface area contributed by atoms with Gasteiger partial charge in [-0.05, 0) is 65.6 Å². The molecule has 0 unspecified atom stereocenters. The van der Waals surface area contributed by atoms with Crippen LogP contribution in [0.2, 0.25) is 0 Å². The highest BCUT2D eigenvalue weighted by Crippen LogP contribution is 2.56. The van der Waals surface area contributed by atoms with E-state index in [0.29, 0.717) is 5.92 Å². The number of rotatable bonds is 3. The van der Waals surface area contributed by atoms with E-state index < -0.39 is 5.60 Å². The van der Waals surface area contributed by atoms with Gasteiger partial charge in [0, 0.05) is 12.0 Å². The van der Waals surface area contributed by atoms with Crippen molar-refractivity contribution in [1.29, 1.82) is 0 Å². The number of nitrogens with zero attached hydrogens (tertiary/aromatic N) is 1. The summed E-state index contributed by atoms with van der Waals surface area (Å²) in [6, 6.07) is 10.8. The van der Waals surface area contributed by atoms with E-state index in [1.54, 1.807) is 0 Å². The Morgan fingerprint density at radius 3 is 2.42 bits per heavy atom. The van der Waals surface area contributed by atoms with E-state index in [0.717, 1.165) is 32.4 Å². The molecular formula is C20H30N2O2. The highest BCUT2D eigenvalue weighted by Gasteiger charge is 2.59. The van der Waals surface area contributed by atoms with Gasteiger partial charge in [0.05, 0.1) is 5.54 Å². The topological polar surface area (TPSA) is 41.6 Å². The Balaban J connectivity index is 1.83. The highest BCUT2D eigenvalue weighted by molar-refractivity contribution is 5.71. The van der Waals surface area contributed by atoms with E-state index in [9.17, 15) is 4.79 Å². The van der Waals surface area contributed by atoms with Crippen LogP contribution < -0.4 is 5.32 Å². The largest absolute Gasteiger partial charge is 0.444 e. The molecule has 1 aromatic carbocycles. The predicted molar refractivity (Wildman–Crippen MR) is 96.2 cm³/mol. The van der Waals surface area contributed by atoms with E-state index in [1.165, 1.54) is 5.56 Å². The van der Waals surface area contributed by atoms with Crippen LogP contribution in [0.5, 0.6) is 0 Å². The first-order valence-electron chi connectivity index (χ1n) is 9.09. The van der Waals surface area contributed by atoms with Crippen molar-refractivity contribution in [3.63, 3.8) is 0 Å². The SMILES string of the molecule is CC(C)(C)OC(=O)N(C1CCNCC1)[C@]1(C)C[C@H]1c1ccccc1. The van der Waals surface area contributed by atoms with E-state index in [4.69, 9.17) is 4.74 Å². The first-order valence-corrected chi connectivity index (χ1v) is 9.09. The summed E-state index contributed by atoms with van der Waals surface area (Å²) in [6.45, 7) is 9.98. The van der Waals surface area contributed by atoms with Gasteiger partial charge < -0.3 is 10.1 Å². The lowest BCUT2D eigenvalue weighted by Gasteiger charge is -2.40. The number of hydrogen-bond acceptors (Lipinski definition) is 3. The molecule has 1 saturated heterocycles. The zero-order valence-corrected chi connectivity index (χ0v) is 15.3. The van der Waals surface area contributed by atoms with E-state index in [1.807, 2.05) is 26.8 Å². The monoisotopic (exact) mass is 330 g/mol. The van der Waals surface area contributed by atoms with Crippen LogP contribution in [0.1, 0.15) is 58.4 Å². The van der Waals surface area contributed by atoms with Crippen LogP contribution in [-0.2, 0) is 4.74 Å². The fourth-order valence-electron chi connectivity index (χ4n) is 3.93. The lowest BCUT2D eigenvalue weighted by atomic mass is 10.00. The van der Waals surface area contributed by atoms with E-state index in [-0.39, 0.29) is 17.7 Å². The van der Waals surface area contributed by atoms with Crippen LogP contribution in [0.3, 0.4) is 0 Å². The van der Waals surface area contributed by atoms with Crippen molar-refractivity contribution in [2.45, 2.75) is 70.1 Å². The lowest BCUT2D eigenvalue weighted by molar-refractivity contribution is -0.00170. The molecule has 0 bridgehead atoms. The summed E-state index contributed by atoms with van der Waals surface area (Å²) in [4.78, 5) is 15.1. The molecule has 4 nitrogen and oxygen atoms in total. The van der Waals surface area contributed by atoms with Crippen LogP contribution in [0.15, 0.2) is 30.3 Å². The third-order valence-corrected chi connectivity index (χ3v) is 5.22. The number of benzene rings is 1. The zero-order valence-electron chi connectivity index (χ0n) is 15.3. The Labute approximate surface area is 145 Å². The van der Waals surface area contributed by atoms with Gasteiger partial charge in [-0.15, -0.1) is 0 Å². The van der Waals surface area contributed by atoms with Crippen molar-refractivity contribution < 1.29 is 9.53 Å². The molecule has 0 radical (unpaired) electrons. The minimum absolute atomic E-state index is 0.133.